The van der Waals surface area contributed by atoms with Gasteiger partial charge < -0.3 is 14.7 Å². The number of benzene rings is 2. The van der Waals surface area contributed by atoms with E-state index in [2.05, 4.69) is 6.58 Å². The number of para-hydroxylation sites is 1. The van der Waals surface area contributed by atoms with Crippen LogP contribution >= 0.6 is 0 Å². The number of hydrogen-bond donors (Lipinski definition) is 1. The molecule has 2 aromatic carbocycles. The van der Waals surface area contributed by atoms with Gasteiger partial charge in [0.15, 0.2) is 11.4 Å². The smallest absolute Gasteiger partial charge is 0.264 e. The zero-order valence-electron chi connectivity index (χ0n) is 14.6. The molecule has 2 aromatic rings. The molecule has 1 heterocycles. The highest BCUT2D eigenvalue weighted by Crippen LogP contribution is 2.42. The molecule has 1 aliphatic rings. The molecular formula is C21H21NO4. The largest absolute Gasteiger partial charge is 0.494 e. The molecule has 0 aromatic heterocycles. The van der Waals surface area contributed by atoms with Crippen molar-refractivity contribution in [3.8, 4) is 5.75 Å². The summed E-state index contributed by atoms with van der Waals surface area (Å²) in [5, 5.41) is 11.1. The van der Waals surface area contributed by atoms with E-state index < -0.39 is 11.5 Å². The lowest BCUT2D eigenvalue weighted by Crippen LogP contribution is -2.41. The molecule has 3 rings (SSSR count). The van der Waals surface area contributed by atoms with Crippen molar-refractivity contribution in [3.05, 3.63) is 72.3 Å². The highest BCUT2D eigenvalue weighted by atomic mass is 16.5. The van der Waals surface area contributed by atoms with Crippen molar-refractivity contribution >= 4 is 17.4 Å². The molecule has 0 bridgehead atoms. The zero-order chi connectivity index (χ0) is 18.7. The van der Waals surface area contributed by atoms with E-state index in [1.54, 1.807) is 54.6 Å². The monoisotopic (exact) mass is 351 g/mol. The molecule has 0 saturated carbocycles. The average Bonchev–Trinajstić information content (AvgIpc) is 2.85. The SMILES string of the molecule is C=CCN1C(=O)C(O)(CC(=O)c2ccc(OCC)cc2)c2ccccc21. The fourth-order valence-electron chi connectivity index (χ4n) is 3.23. The molecule has 0 spiro atoms. The number of carbonyl (C=O) groups is 2. The zero-order valence-corrected chi connectivity index (χ0v) is 14.6. The summed E-state index contributed by atoms with van der Waals surface area (Å²) in [6.45, 7) is 6.35. The van der Waals surface area contributed by atoms with Gasteiger partial charge in [0.1, 0.15) is 5.75 Å². The first kappa shape index (κ1) is 17.9. The third kappa shape index (κ3) is 3.02. The first-order chi connectivity index (χ1) is 12.5. The third-order valence-electron chi connectivity index (χ3n) is 4.45. The van der Waals surface area contributed by atoms with Gasteiger partial charge in [0.2, 0.25) is 0 Å². The maximum absolute atomic E-state index is 12.8. The highest BCUT2D eigenvalue weighted by molar-refractivity contribution is 6.10. The molecule has 5 heteroatoms. The van der Waals surface area contributed by atoms with Gasteiger partial charge in [-0.1, -0.05) is 24.3 Å². The van der Waals surface area contributed by atoms with Crippen LogP contribution in [0.2, 0.25) is 0 Å². The summed E-state index contributed by atoms with van der Waals surface area (Å²) in [6, 6.07) is 13.7. The van der Waals surface area contributed by atoms with Crippen LogP contribution in [0, 0.1) is 0 Å². The predicted octanol–water partition coefficient (Wildman–Crippen LogP) is 3.08. The van der Waals surface area contributed by atoms with Crippen LogP contribution < -0.4 is 9.64 Å². The van der Waals surface area contributed by atoms with Gasteiger partial charge in [-0.25, -0.2) is 0 Å². The number of fused-ring (bicyclic) bond motifs is 1. The number of amides is 1. The van der Waals surface area contributed by atoms with Crippen LogP contribution in [0.3, 0.4) is 0 Å². The molecule has 134 valence electrons. The topological polar surface area (TPSA) is 66.8 Å². The lowest BCUT2D eigenvalue weighted by Gasteiger charge is -2.22. The van der Waals surface area contributed by atoms with Crippen LogP contribution in [0.1, 0.15) is 29.3 Å². The molecule has 1 aliphatic heterocycles. The van der Waals surface area contributed by atoms with E-state index in [1.807, 2.05) is 6.92 Å². The van der Waals surface area contributed by atoms with Crippen LogP contribution in [0.4, 0.5) is 5.69 Å². The highest BCUT2D eigenvalue weighted by Gasteiger charge is 2.50. The van der Waals surface area contributed by atoms with Crippen molar-refractivity contribution in [2.24, 2.45) is 0 Å². The van der Waals surface area contributed by atoms with Gasteiger partial charge >= 0.3 is 0 Å². The second-order valence-electron chi connectivity index (χ2n) is 6.14. The van der Waals surface area contributed by atoms with E-state index in [9.17, 15) is 14.7 Å². The molecule has 0 aliphatic carbocycles. The fourth-order valence-corrected chi connectivity index (χ4v) is 3.23. The molecule has 1 unspecified atom stereocenters. The predicted molar refractivity (Wildman–Crippen MR) is 99.4 cm³/mol. The van der Waals surface area contributed by atoms with E-state index in [0.29, 0.717) is 29.2 Å². The maximum Gasteiger partial charge on any atom is 0.264 e. The second kappa shape index (κ2) is 7.14. The van der Waals surface area contributed by atoms with Crippen LogP contribution in [-0.2, 0) is 10.4 Å². The van der Waals surface area contributed by atoms with Crippen LogP contribution in [0.5, 0.6) is 5.75 Å². The Balaban J connectivity index is 1.89. The minimum Gasteiger partial charge on any atom is -0.494 e. The number of carbonyl (C=O) groups excluding carboxylic acids is 2. The van der Waals surface area contributed by atoms with E-state index >= 15 is 0 Å². The lowest BCUT2D eigenvalue weighted by atomic mass is 9.88. The first-order valence-corrected chi connectivity index (χ1v) is 8.52. The number of hydrogen-bond acceptors (Lipinski definition) is 4. The van der Waals surface area contributed by atoms with Gasteiger partial charge in [-0.3, -0.25) is 9.59 Å². The second-order valence-corrected chi connectivity index (χ2v) is 6.14. The standard InChI is InChI=1S/C21H21NO4/c1-3-13-22-18-8-6-5-7-17(18)21(25,20(22)24)14-19(23)15-9-11-16(12-10-15)26-4-2/h3,5-12,25H,1,4,13-14H2,2H3. The molecule has 1 amide bonds. The Labute approximate surface area is 152 Å². The molecule has 0 radical (unpaired) electrons. The first-order valence-electron chi connectivity index (χ1n) is 8.52. The molecule has 0 fully saturated rings. The number of nitrogens with zero attached hydrogens (tertiary/aromatic N) is 1. The number of rotatable bonds is 7. The fraction of sp³-hybridized carbons (Fsp3) is 0.238. The summed E-state index contributed by atoms with van der Waals surface area (Å²) in [5.41, 5.74) is -0.380. The van der Waals surface area contributed by atoms with Gasteiger partial charge in [0, 0.05) is 17.7 Å². The van der Waals surface area contributed by atoms with E-state index in [-0.39, 0.29) is 18.7 Å². The minimum atomic E-state index is -1.87. The van der Waals surface area contributed by atoms with Gasteiger partial charge in [-0.05, 0) is 37.3 Å². The number of Topliss-reactive ketones (excluding diaryl/α,β-unsaturated/α-hetero) is 1. The van der Waals surface area contributed by atoms with E-state index in [4.69, 9.17) is 4.74 Å². The summed E-state index contributed by atoms with van der Waals surface area (Å²) in [6.07, 6.45) is 1.28. The molecule has 26 heavy (non-hydrogen) atoms. The number of aliphatic hydroxyl groups is 1. The van der Waals surface area contributed by atoms with Crippen molar-refractivity contribution in [2.75, 3.05) is 18.1 Å². The Kier molecular flexibility index (Phi) is 4.91. The summed E-state index contributed by atoms with van der Waals surface area (Å²) in [4.78, 5) is 27.0. The molecular weight excluding hydrogens is 330 g/mol. The van der Waals surface area contributed by atoms with Crippen molar-refractivity contribution in [3.63, 3.8) is 0 Å². The van der Waals surface area contributed by atoms with Crippen LogP contribution in [0.25, 0.3) is 0 Å². The normalized spacial score (nSPS) is 18.5. The Morgan fingerprint density at radius 1 is 1.23 bits per heavy atom. The van der Waals surface area contributed by atoms with Gasteiger partial charge in [0.25, 0.3) is 5.91 Å². The van der Waals surface area contributed by atoms with Crippen LogP contribution in [-0.4, -0.2) is 29.9 Å². The Hall–Kier alpha value is -2.92. The quantitative estimate of drug-likeness (QED) is 0.615. The van der Waals surface area contributed by atoms with Crippen molar-refractivity contribution in [2.45, 2.75) is 18.9 Å². The van der Waals surface area contributed by atoms with Gasteiger partial charge in [-0.15, -0.1) is 6.58 Å². The molecule has 5 nitrogen and oxygen atoms in total. The Morgan fingerprint density at radius 2 is 1.92 bits per heavy atom. The Morgan fingerprint density at radius 3 is 2.58 bits per heavy atom. The van der Waals surface area contributed by atoms with E-state index in [1.165, 1.54) is 4.90 Å². The summed E-state index contributed by atoms with van der Waals surface area (Å²) < 4.78 is 5.37. The van der Waals surface area contributed by atoms with Crippen molar-refractivity contribution in [1.29, 1.82) is 0 Å². The average molecular weight is 351 g/mol. The van der Waals surface area contributed by atoms with Gasteiger partial charge in [-0.2, -0.15) is 0 Å². The van der Waals surface area contributed by atoms with Crippen molar-refractivity contribution < 1.29 is 19.4 Å². The van der Waals surface area contributed by atoms with Crippen molar-refractivity contribution in [1.82, 2.24) is 0 Å². The summed E-state index contributed by atoms with van der Waals surface area (Å²) >= 11 is 0. The summed E-state index contributed by atoms with van der Waals surface area (Å²) in [5.74, 6) is -0.140. The van der Waals surface area contributed by atoms with Gasteiger partial charge in [0.05, 0.1) is 18.7 Å². The lowest BCUT2D eigenvalue weighted by molar-refractivity contribution is -0.135. The van der Waals surface area contributed by atoms with E-state index in [0.717, 1.165) is 0 Å². The molecule has 1 atom stereocenters. The summed E-state index contributed by atoms with van der Waals surface area (Å²) in [7, 11) is 0. The number of ketones is 1. The number of ether oxygens (including phenoxy) is 1. The molecule has 0 saturated heterocycles. The molecule has 1 N–H and O–H groups in total. The maximum atomic E-state index is 12.8. The Bertz CT molecular complexity index is 843. The third-order valence-corrected chi connectivity index (χ3v) is 4.45. The number of anilines is 1. The van der Waals surface area contributed by atoms with Crippen LogP contribution in [0.15, 0.2) is 61.2 Å². The minimum absolute atomic E-state index is 0.273.